The lowest BCUT2D eigenvalue weighted by molar-refractivity contribution is -0.132. The van der Waals surface area contributed by atoms with Crippen molar-refractivity contribution in [3.05, 3.63) is 53.7 Å². The van der Waals surface area contributed by atoms with Gasteiger partial charge in [-0.1, -0.05) is 18.2 Å². The first kappa shape index (κ1) is 15.9. The van der Waals surface area contributed by atoms with E-state index in [1.807, 2.05) is 36.4 Å². The second-order valence-electron chi connectivity index (χ2n) is 6.99. The van der Waals surface area contributed by atoms with Gasteiger partial charge < -0.3 is 14.9 Å². The van der Waals surface area contributed by atoms with Crippen LogP contribution in [0.1, 0.15) is 42.3 Å². The smallest absolute Gasteiger partial charge is 0.222 e. The number of hydrogen-bond acceptors (Lipinski definition) is 2. The average molecular weight is 336 g/mol. The first-order chi connectivity index (χ1) is 12.2. The van der Waals surface area contributed by atoms with E-state index in [1.165, 1.54) is 10.9 Å². The monoisotopic (exact) mass is 336 g/mol. The van der Waals surface area contributed by atoms with Gasteiger partial charge in [0.05, 0.1) is 0 Å². The number of rotatable bonds is 4. The number of amides is 1. The van der Waals surface area contributed by atoms with Crippen molar-refractivity contribution >= 4 is 16.8 Å². The summed E-state index contributed by atoms with van der Waals surface area (Å²) < 4.78 is 0. The van der Waals surface area contributed by atoms with Gasteiger partial charge in [0.15, 0.2) is 0 Å². The van der Waals surface area contributed by atoms with Crippen LogP contribution in [0.15, 0.2) is 36.7 Å². The highest BCUT2D eigenvalue weighted by molar-refractivity contribution is 5.84. The second-order valence-corrected chi connectivity index (χ2v) is 6.99. The minimum absolute atomic E-state index is 0.248. The van der Waals surface area contributed by atoms with E-state index in [4.69, 9.17) is 0 Å². The number of H-pyrrole nitrogens is 2. The van der Waals surface area contributed by atoms with Gasteiger partial charge in [-0.05, 0) is 37.8 Å². The summed E-state index contributed by atoms with van der Waals surface area (Å²) in [5.41, 5.74) is 3.44. The maximum atomic E-state index is 12.7. The van der Waals surface area contributed by atoms with E-state index >= 15 is 0 Å². The van der Waals surface area contributed by atoms with Gasteiger partial charge in [-0.2, -0.15) is 0 Å². The average Bonchev–Trinajstić information content (AvgIpc) is 3.26. The first-order valence-corrected chi connectivity index (χ1v) is 9.05. The molecule has 0 saturated carbocycles. The summed E-state index contributed by atoms with van der Waals surface area (Å²) in [5, 5.41) is 1.22. The molecule has 5 nitrogen and oxygen atoms in total. The van der Waals surface area contributed by atoms with Crippen LogP contribution in [0.3, 0.4) is 0 Å². The number of imidazole rings is 1. The van der Waals surface area contributed by atoms with E-state index in [1.54, 1.807) is 0 Å². The van der Waals surface area contributed by atoms with E-state index in [2.05, 4.69) is 27.1 Å². The maximum Gasteiger partial charge on any atom is 0.222 e. The molecular formula is C20H24N4O. The van der Waals surface area contributed by atoms with E-state index in [-0.39, 0.29) is 5.91 Å². The molecule has 1 aliphatic heterocycles. The van der Waals surface area contributed by atoms with Crippen LogP contribution in [0.5, 0.6) is 0 Å². The quantitative estimate of drug-likeness (QED) is 0.765. The number of likely N-dealkylation sites (tertiary alicyclic amines) is 1. The lowest BCUT2D eigenvalue weighted by atomic mass is 9.96. The molecule has 2 N–H and O–H groups in total. The van der Waals surface area contributed by atoms with Gasteiger partial charge in [0.1, 0.15) is 5.82 Å². The number of hydrogen-bond donors (Lipinski definition) is 2. The molecule has 2 aromatic heterocycles. The van der Waals surface area contributed by atoms with Gasteiger partial charge in [-0.25, -0.2) is 4.98 Å². The highest BCUT2D eigenvalue weighted by Crippen LogP contribution is 2.26. The summed E-state index contributed by atoms with van der Waals surface area (Å²) >= 11 is 0. The standard InChI is InChI=1S/C20H24N4O/c1-14-11-22-20(23-14)16-5-4-10-24(13-16)19(25)9-8-15-12-21-18-7-3-2-6-17(15)18/h2-3,6-7,11-12,16,21H,4-5,8-10,13H2,1H3,(H,22,23). The number of carbonyl (C=O) groups excluding carboxylic acids is 1. The molecule has 0 bridgehead atoms. The van der Waals surface area contributed by atoms with Gasteiger partial charge in [0.25, 0.3) is 0 Å². The maximum absolute atomic E-state index is 12.7. The molecule has 25 heavy (non-hydrogen) atoms. The molecule has 0 aliphatic carbocycles. The minimum Gasteiger partial charge on any atom is -0.361 e. The highest BCUT2D eigenvalue weighted by atomic mass is 16.2. The van der Waals surface area contributed by atoms with Crippen LogP contribution < -0.4 is 0 Å². The third kappa shape index (κ3) is 3.31. The number of nitrogens with one attached hydrogen (secondary N) is 2. The van der Waals surface area contributed by atoms with Crippen LogP contribution in [-0.2, 0) is 11.2 Å². The molecule has 4 rings (SSSR count). The lowest BCUT2D eigenvalue weighted by Crippen LogP contribution is -2.39. The number of fused-ring (bicyclic) bond motifs is 1. The van der Waals surface area contributed by atoms with Crippen LogP contribution >= 0.6 is 0 Å². The van der Waals surface area contributed by atoms with Gasteiger partial charge in [0.2, 0.25) is 5.91 Å². The van der Waals surface area contributed by atoms with Crippen molar-refractivity contribution < 1.29 is 4.79 Å². The van der Waals surface area contributed by atoms with Gasteiger partial charge in [-0.15, -0.1) is 0 Å². The summed E-state index contributed by atoms with van der Waals surface area (Å²) in [5.74, 6) is 1.60. The fraction of sp³-hybridized carbons (Fsp3) is 0.400. The molecule has 5 heteroatoms. The Balaban J connectivity index is 1.39. The molecule has 1 atom stereocenters. The van der Waals surface area contributed by atoms with Crippen LogP contribution in [0, 0.1) is 6.92 Å². The molecule has 0 radical (unpaired) electrons. The molecule has 130 valence electrons. The van der Waals surface area contributed by atoms with Crippen molar-refractivity contribution in [3.8, 4) is 0 Å². The Labute approximate surface area is 147 Å². The number of aromatic nitrogens is 3. The third-order valence-electron chi connectivity index (χ3n) is 5.17. The Morgan fingerprint density at radius 1 is 1.36 bits per heavy atom. The summed E-state index contributed by atoms with van der Waals surface area (Å²) in [7, 11) is 0. The molecular weight excluding hydrogens is 312 g/mol. The molecule has 1 aliphatic rings. The zero-order chi connectivity index (χ0) is 17.2. The first-order valence-electron chi connectivity index (χ1n) is 9.05. The Kier molecular flexibility index (Phi) is 4.30. The predicted octanol–water partition coefficient (Wildman–Crippen LogP) is 3.54. The molecule has 1 aromatic carbocycles. The van der Waals surface area contributed by atoms with E-state index in [0.717, 1.165) is 49.4 Å². The Morgan fingerprint density at radius 3 is 3.08 bits per heavy atom. The van der Waals surface area contributed by atoms with Crippen molar-refractivity contribution in [2.24, 2.45) is 0 Å². The van der Waals surface area contributed by atoms with Crippen molar-refractivity contribution in [1.29, 1.82) is 0 Å². The summed E-state index contributed by atoms with van der Waals surface area (Å²) in [4.78, 5) is 25.8. The molecule has 1 saturated heterocycles. The van der Waals surface area contributed by atoms with Crippen LogP contribution in [0.4, 0.5) is 0 Å². The SMILES string of the molecule is Cc1cnc(C2CCCN(C(=O)CCc3c[nH]c4ccccc34)C2)[nH]1. The Morgan fingerprint density at radius 2 is 2.24 bits per heavy atom. The van der Waals surface area contributed by atoms with Gasteiger partial charge in [0, 0.05) is 54.4 Å². The number of para-hydroxylation sites is 1. The third-order valence-corrected chi connectivity index (χ3v) is 5.17. The summed E-state index contributed by atoms with van der Waals surface area (Å²) in [6, 6.07) is 8.25. The zero-order valence-electron chi connectivity index (χ0n) is 14.6. The number of aryl methyl sites for hydroxylation is 2. The summed E-state index contributed by atoms with van der Waals surface area (Å²) in [6.07, 6.45) is 7.38. The Hall–Kier alpha value is -2.56. The number of carbonyl (C=O) groups is 1. The molecule has 3 aromatic rings. The number of aromatic amines is 2. The van der Waals surface area contributed by atoms with E-state index < -0.39 is 0 Å². The molecule has 3 heterocycles. The van der Waals surface area contributed by atoms with Crippen molar-refractivity contribution in [1.82, 2.24) is 19.9 Å². The van der Waals surface area contributed by atoms with Crippen molar-refractivity contribution in [2.75, 3.05) is 13.1 Å². The van der Waals surface area contributed by atoms with Crippen LogP contribution in [-0.4, -0.2) is 38.8 Å². The molecule has 1 fully saturated rings. The van der Waals surface area contributed by atoms with Gasteiger partial charge in [-0.3, -0.25) is 4.79 Å². The minimum atomic E-state index is 0.248. The zero-order valence-corrected chi connectivity index (χ0v) is 14.6. The van der Waals surface area contributed by atoms with Crippen molar-refractivity contribution in [3.63, 3.8) is 0 Å². The fourth-order valence-corrected chi connectivity index (χ4v) is 3.81. The topological polar surface area (TPSA) is 64.8 Å². The normalized spacial score (nSPS) is 18.0. The second kappa shape index (κ2) is 6.75. The van der Waals surface area contributed by atoms with E-state index in [0.29, 0.717) is 12.3 Å². The predicted molar refractivity (Wildman–Crippen MR) is 98.5 cm³/mol. The largest absolute Gasteiger partial charge is 0.361 e. The fourth-order valence-electron chi connectivity index (χ4n) is 3.81. The van der Waals surface area contributed by atoms with Crippen LogP contribution in [0.2, 0.25) is 0 Å². The highest BCUT2D eigenvalue weighted by Gasteiger charge is 2.26. The summed E-state index contributed by atoms with van der Waals surface area (Å²) in [6.45, 7) is 3.66. The van der Waals surface area contributed by atoms with Crippen molar-refractivity contribution in [2.45, 2.75) is 38.5 Å². The Bertz CT molecular complexity index is 879. The molecule has 1 amide bonds. The van der Waals surface area contributed by atoms with E-state index in [9.17, 15) is 4.79 Å². The van der Waals surface area contributed by atoms with Crippen LogP contribution in [0.25, 0.3) is 10.9 Å². The number of benzene rings is 1. The lowest BCUT2D eigenvalue weighted by Gasteiger charge is -2.32. The van der Waals surface area contributed by atoms with Gasteiger partial charge >= 0.3 is 0 Å². The molecule has 1 unspecified atom stereocenters. The number of piperidine rings is 1. The number of nitrogens with zero attached hydrogens (tertiary/aromatic N) is 2. The molecule has 0 spiro atoms.